The van der Waals surface area contributed by atoms with E-state index in [9.17, 15) is 4.79 Å². The van der Waals surface area contributed by atoms with Crippen molar-refractivity contribution in [2.24, 2.45) is 0 Å². The summed E-state index contributed by atoms with van der Waals surface area (Å²) in [6, 6.07) is 1.48. The summed E-state index contributed by atoms with van der Waals surface area (Å²) in [4.78, 5) is 23.2. The molecule has 0 aromatic carbocycles. The number of H-pyrrole nitrogens is 1. The van der Waals surface area contributed by atoms with Crippen LogP contribution >= 0.6 is 23.1 Å². The maximum Gasteiger partial charge on any atom is 0.251 e. The van der Waals surface area contributed by atoms with Gasteiger partial charge in [0.2, 0.25) is 0 Å². The molecule has 0 bridgehead atoms. The lowest BCUT2D eigenvalue weighted by Crippen LogP contribution is -2.07. The van der Waals surface area contributed by atoms with Crippen molar-refractivity contribution >= 4 is 23.1 Å². The lowest BCUT2D eigenvalue weighted by atomic mass is 10.5. The maximum atomic E-state index is 11.2. The first-order valence-corrected chi connectivity index (χ1v) is 6.19. The van der Waals surface area contributed by atoms with Crippen LogP contribution in [0, 0.1) is 6.92 Å². The molecule has 2 aromatic heterocycles. The van der Waals surface area contributed by atoms with E-state index in [4.69, 9.17) is 0 Å². The van der Waals surface area contributed by atoms with Crippen LogP contribution in [0.4, 0.5) is 0 Å². The van der Waals surface area contributed by atoms with Gasteiger partial charge in [-0.05, 0) is 6.92 Å². The Bertz CT molecular complexity index is 492. The first kappa shape index (κ1) is 10.4. The van der Waals surface area contributed by atoms with Crippen molar-refractivity contribution in [2.75, 3.05) is 0 Å². The Morgan fingerprint density at radius 2 is 2.47 bits per heavy atom. The molecule has 0 fully saturated rings. The number of thioether (sulfide) groups is 1. The zero-order chi connectivity index (χ0) is 10.7. The Morgan fingerprint density at radius 1 is 1.60 bits per heavy atom. The van der Waals surface area contributed by atoms with Gasteiger partial charge in [-0.1, -0.05) is 11.8 Å². The van der Waals surface area contributed by atoms with Gasteiger partial charge in [0.05, 0.1) is 5.51 Å². The zero-order valence-electron chi connectivity index (χ0n) is 8.06. The van der Waals surface area contributed by atoms with Crippen LogP contribution in [0.2, 0.25) is 0 Å². The Balaban J connectivity index is 2.08. The summed E-state index contributed by atoms with van der Waals surface area (Å²) in [6.45, 7) is 1.81. The molecule has 0 saturated carbocycles. The van der Waals surface area contributed by atoms with Crippen molar-refractivity contribution < 1.29 is 0 Å². The highest BCUT2D eigenvalue weighted by molar-refractivity contribution is 7.98. The summed E-state index contributed by atoms with van der Waals surface area (Å²) in [5, 5.41) is 0.661. The molecular weight excluding hydrogens is 230 g/mol. The third-order valence-corrected chi connectivity index (χ3v) is 3.57. The largest absolute Gasteiger partial charge is 0.301 e. The second-order valence-electron chi connectivity index (χ2n) is 2.95. The van der Waals surface area contributed by atoms with Gasteiger partial charge in [-0.15, -0.1) is 11.3 Å². The normalized spacial score (nSPS) is 10.5. The van der Waals surface area contributed by atoms with Crippen LogP contribution in [-0.2, 0) is 5.75 Å². The van der Waals surface area contributed by atoms with Crippen molar-refractivity contribution in [3.8, 4) is 0 Å². The molecule has 0 unspecified atom stereocenters. The molecule has 4 nitrogen and oxygen atoms in total. The summed E-state index contributed by atoms with van der Waals surface area (Å²) in [7, 11) is 0. The van der Waals surface area contributed by atoms with Crippen LogP contribution in [0.5, 0.6) is 0 Å². The van der Waals surface area contributed by atoms with E-state index in [0.717, 1.165) is 11.4 Å². The fourth-order valence-corrected chi connectivity index (χ4v) is 2.64. The number of aryl methyl sites for hydroxylation is 1. The Labute approximate surface area is 94.8 Å². The van der Waals surface area contributed by atoms with Crippen LogP contribution in [0.15, 0.2) is 27.7 Å². The van der Waals surface area contributed by atoms with Gasteiger partial charge in [0.1, 0.15) is 0 Å². The van der Waals surface area contributed by atoms with Crippen molar-refractivity contribution in [2.45, 2.75) is 17.8 Å². The zero-order valence-corrected chi connectivity index (χ0v) is 9.69. The monoisotopic (exact) mass is 239 g/mol. The highest BCUT2D eigenvalue weighted by atomic mass is 32.2. The molecular formula is C9H9N3OS2. The number of aromatic nitrogens is 3. The van der Waals surface area contributed by atoms with Crippen LogP contribution < -0.4 is 5.56 Å². The standard InChI is InChI=1S/C9H9N3OS2/c1-6-2-8(13)12-9(11-6)14-4-7-3-10-5-15-7/h2-3,5H,4H2,1H3,(H,11,12,13). The highest BCUT2D eigenvalue weighted by Crippen LogP contribution is 2.20. The summed E-state index contributed by atoms with van der Waals surface area (Å²) >= 11 is 3.11. The Hall–Kier alpha value is -1.14. The quantitative estimate of drug-likeness (QED) is 0.655. The molecule has 6 heteroatoms. The van der Waals surface area contributed by atoms with Crippen LogP contribution in [-0.4, -0.2) is 15.0 Å². The van der Waals surface area contributed by atoms with Crippen molar-refractivity contribution in [1.29, 1.82) is 0 Å². The van der Waals surface area contributed by atoms with E-state index < -0.39 is 0 Å². The average molecular weight is 239 g/mol. The molecule has 2 aromatic rings. The molecule has 0 aliphatic rings. The lowest BCUT2D eigenvalue weighted by molar-refractivity contribution is 0.905. The second-order valence-corrected chi connectivity index (χ2v) is 4.88. The van der Waals surface area contributed by atoms with Gasteiger partial charge in [0.25, 0.3) is 5.56 Å². The number of nitrogens with zero attached hydrogens (tertiary/aromatic N) is 2. The minimum Gasteiger partial charge on any atom is -0.301 e. The fraction of sp³-hybridized carbons (Fsp3) is 0.222. The molecule has 2 heterocycles. The van der Waals surface area contributed by atoms with E-state index >= 15 is 0 Å². The van der Waals surface area contributed by atoms with Gasteiger partial charge in [-0.2, -0.15) is 0 Å². The van der Waals surface area contributed by atoms with Crippen molar-refractivity contribution in [3.05, 3.63) is 38.7 Å². The number of rotatable bonds is 3. The van der Waals surface area contributed by atoms with Gasteiger partial charge >= 0.3 is 0 Å². The lowest BCUT2D eigenvalue weighted by Gasteiger charge is -1.99. The number of hydrogen-bond donors (Lipinski definition) is 1. The summed E-state index contributed by atoms with van der Waals surface area (Å²) < 4.78 is 0. The molecule has 0 aliphatic carbocycles. The molecule has 0 amide bonds. The predicted molar refractivity (Wildman–Crippen MR) is 61.3 cm³/mol. The van der Waals surface area contributed by atoms with Gasteiger partial charge in [0.15, 0.2) is 5.16 Å². The number of aromatic amines is 1. The topological polar surface area (TPSA) is 58.6 Å². The van der Waals surface area contributed by atoms with Gasteiger partial charge < -0.3 is 4.98 Å². The number of hydrogen-bond acceptors (Lipinski definition) is 5. The number of thiazole rings is 1. The molecule has 1 N–H and O–H groups in total. The summed E-state index contributed by atoms with van der Waals surface area (Å²) in [5.74, 6) is 0.789. The minimum atomic E-state index is -0.102. The molecule has 0 spiro atoms. The van der Waals surface area contributed by atoms with Crippen molar-refractivity contribution in [1.82, 2.24) is 15.0 Å². The van der Waals surface area contributed by atoms with Crippen molar-refractivity contribution in [3.63, 3.8) is 0 Å². The van der Waals surface area contributed by atoms with Crippen LogP contribution in [0.3, 0.4) is 0 Å². The predicted octanol–water partition coefficient (Wildman–Crippen LogP) is 1.83. The average Bonchev–Trinajstić information content (AvgIpc) is 2.65. The number of nitrogens with one attached hydrogen (secondary N) is 1. The van der Waals surface area contributed by atoms with Gasteiger partial charge in [-0.3, -0.25) is 9.78 Å². The first-order valence-electron chi connectivity index (χ1n) is 4.32. The maximum absolute atomic E-state index is 11.2. The van der Waals surface area contributed by atoms with Gasteiger partial charge in [-0.25, -0.2) is 4.98 Å². The van der Waals surface area contributed by atoms with E-state index in [1.54, 1.807) is 16.8 Å². The SMILES string of the molecule is Cc1cc(=O)[nH]c(SCc2cncs2)n1. The Kier molecular flexibility index (Phi) is 3.17. The Morgan fingerprint density at radius 3 is 3.13 bits per heavy atom. The molecule has 0 atom stereocenters. The van der Waals surface area contributed by atoms with Gasteiger partial charge in [0, 0.05) is 28.6 Å². The molecule has 0 saturated heterocycles. The molecule has 0 radical (unpaired) electrons. The third-order valence-electron chi connectivity index (χ3n) is 1.68. The minimum absolute atomic E-state index is 0.102. The van der Waals surface area contributed by atoms with E-state index in [2.05, 4.69) is 15.0 Å². The molecule has 0 aliphatic heterocycles. The molecule has 2 rings (SSSR count). The molecule has 15 heavy (non-hydrogen) atoms. The van der Waals surface area contributed by atoms with E-state index in [-0.39, 0.29) is 5.56 Å². The third kappa shape index (κ3) is 2.90. The summed E-state index contributed by atoms with van der Waals surface area (Å²) in [5.41, 5.74) is 2.43. The van der Waals surface area contributed by atoms with Crippen LogP contribution in [0.25, 0.3) is 0 Å². The van der Waals surface area contributed by atoms with E-state index in [1.165, 1.54) is 22.7 Å². The fourth-order valence-electron chi connectivity index (χ4n) is 1.07. The summed E-state index contributed by atoms with van der Waals surface area (Å²) in [6.07, 6.45) is 1.82. The highest BCUT2D eigenvalue weighted by Gasteiger charge is 2.01. The first-order chi connectivity index (χ1) is 7.24. The van der Waals surface area contributed by atoms with E-state index in [0.29, 0.717) is 5.16 Å². The van der Waals surface area contributed by atoms with E-state index in [1.807, 2.05) is 13.1 Å². The smallest absolute Gasteiger partial charge is 0.251 e. The molecule has 78 valence electrons. The van der Waals surface area contributed by atoms with Crippen LogP contribution in [0.1, 0.15) is 10.6 Å². The second kappa shape index (κ2) is 4.59.